The number of nitrogens with two attached hydrogens (primary N) is 1. The van der Waals surface area contributed by atoms with Crippen LogP contribution in [-0.2, 0) is 20.7 Å². The molecule has 0 unspecified atom stereocenters. The number of piperidine rings is 1. The maximum atomic E-state index is 13.8. The third kappa shape index (κ3) is 5.03. The van der Waals surface area contributed by atoms with Gasteiger partial charge in [-0.3, -0.25) is 19.4 Å². The fourth-order valence-electron chi connectivity index (χ4n) is 5.82. The summed E-state index contributed by atoms with van der Waals surface area (Å²) in [5.41, 5.74) is 4.86. The van der Waals surface area contributed by atoms with Crippen molar-refractivity contribution < 1.29 is 23.8 Å². The van der Waals surface area contributed by atoms with E-state index in [1.807, 2.05) is 35.2 Å². The molecule has 2 fully saturated rings. The number of carbonyl (C=O) groups is 2. The second kappa shape index (κ2) is 10.6. The van der Waals surface area contributed by atoms with Gasteiger partial charge in [0.2, 0.25) is 5.95 Å². The molecule has 10 nitrogen and oxygen atoms in total. The molecular formula is C29H34N4O6. The first-order valence-corrected chi connectivity index (χ1v) is 13.3. The Kier molecular flexibility index (Phi) is 7.20. The van der Waals surface area contributed by atoms with Crippen molar-refractivity contribution in [2.75, 3.05) is 32.2 Å². The van der Waals surface area contributed by atoms with Gasteiger partial charge in [-0.2, -0.15) is 0 Å². The Balaban J connectivity index is 1.43. The first-order valence-electron chi connectivity index (χ1n) is 13.3. The van der Waals surface area contributed by atoms with E-state index in [-0.39, 0.29) is 11.5 Å². The van der Waals surface area contributed by atoms with Crippen LogP contribution in [0.5, 0.6) is 11.5 Å². The molecule has 0 spiro atoms. The lowest BCUT2D eigenvalue weighted by molar-refractivity contribution is -0.178. The normalized spacial score (nSPS) is 18.1. The predicted molar refractivity (Wildman–Crippen MR) is 146 cm³/mol. The van der Waals surface area contributed by atoms with Crippen LogP contribution in [-0.4, -0.2) is 54.8 Å². The van der Waals surface area contributed by atoms with Crippen molar-refractivity contribution in [1.29, 1.82) is 0 Å². The molecule has 5 rings (SSSR count). The van der Waals surface area contributed by atoms with Gasteiger partial charge in [-0.05, 0) is 56.6 Å². The summed E-state index contributed by atoms with van der Waals surface area (Å²) in [5, 5.41) is 0.392. The lowest BCUT2D eigenvalue weighted by Crippen LogP contribution is -2.52. The SMILES string of the molecule is COc1cc2nc(N3CCC(Cc4ccccc4)(C(=O)OC4(C(N)=O)CCCC4)CC3)[nH]c(=O)c2cc1OC. The monoisotopic (exact) mass is 534 g/mol. The zero-order chi connectivity index (χ0) is 27.6. The summed E-state index contributed by atoms with van der Waals surface area (Å²) < 4.78 is 16.7. The second-order valence-electron chi connectivity index (χ2n) is 10.5. The number of nitrogens with one attached hydrogen (secondary N) is 1. The van der Waals surface area contributed by atoms with Crippen molar-refractivity contribution in [3.63, 3.8) is 0 Å². The molecule has 1 saturated heterocycles. The molecule has 1 aliphatic carbocycles. The van der Waals surface area contributed by atoms with E-state index in [0.29, 0.717) is 73.5 Å². The molecule has 2 heterocycles. The number of benzene rings is 2. The second-order valence-corrected chi connectivity index (χ2v) is 10.5. The van der Waals surface area contributed by atoms with Gasteiger partial charge in [-0.1, -0.05) is 30.3 Å². The third-order valence-corrected chi connectivity index (χ3v) is 8.18. The largest absolute Gasteiger partial charge is 0.493 e. The number of anilines is 1. The highest BCUT2D eigenvalue weighted by Gasteiger charge is 2.50. The molecule has 1 aliphatic heterocycles. The predicted octanol–water partition coefficient (Wildman–Crippen LogP) is 3.11. The number of amides is 1. The van der Waals surface area contributed by atoms with Gasteiger partial charge in [0.1, 0.15) is 0 Å². The van der Waals surface area contributed by atoms with Crippen molar-refractivity contribution in [2.45, 2.75) is 50.5 Å². The zero-order valence-electron chi connectivity index (χ0n) is 22.3. The molecule has 2 aromatic carbocycles. The van der Waals surface area contributed by atoms with Crippen LogP contribution in [0.25, 0.3) is 10.9 Å². The number of fused-ring (bicyclic) bond motifs is 1. The highest BCUT2D eigenvalue weighted by molar-refractivity contribution is 5.88. The molecule has 0 bridgehead atoms. The Morgan fingerprint density at radius 1 is 1.00 bits per heavy atom. The molecule has 1 saturated carbocycles. The van der Waals surface area contributed by atoms with E-state index in [2.05, 4.69) is 4.98 Å². The number of methoxy groups -OCH3 is 2. The maximum absolute atomic E-state index is 13.8. The summed E-state index contributed by atoms with van der Waals surface area (Å²) in [5.74, 6) is 0.385. The van der Waals surface area contributed by atoms with Gasteiger partial charge in [-0.15, -0.1) is 0 Å². The molecule has 206 valence electrons. The first kappa shape index (κ1) is 26.5. The number of hydrogen-bond acceptors (Lipinski definition) is 8. The minimum Gasteiger partial charge on any atom is -0.493 e. The van der Waals surface area contributed by atoms with Crippen LogP contribution in [0, 0.1) is 5.41 Å². The number of carbonyl (C=O) groups excluding carboxylic acids is 2. The number of esters is 1. The summed E-state index contributed by atoms with van der Waals surface area (Å²) in [6, 6.07) is 13.1. The molecular weight excluding hydrogens is 500 g/mol. The molecule has 2 aliphatic rings. The lowest BCUT2D eigenvalue weighted by atomic mass is 9.73. The Morgan fingerprint density at radius 2 is 1.64 bits per heavy atom. The molecule has 0 atom stereocenters. The molecule has 3 N–H and O–H groups in total. The number of H-pyrrole nitrogens is 1. The van der Waals surface area contributed by atoms with Crippen LogP contribution in [0.3, 0.4) is 0 Å². The van der Waals surface area contributed by atoms with Gasteiger partial charge < -0.3 is 24.8 Å². The number of aromatic amines is 1. The minimum atomic E-state index is -1.23. The first-order chi connectivity index (χ1) is 18.8. The molecule has 0 radical (unpaired) electrons. The van der Waals surface area contributed by atoms with E-state index in [1.54, 1.807) is 12.1 Å². The Bertz CT molecular complexity index is 1420. The summed E-state index contributed by atoms with van der Waals surface area (Å²) >= 11 is 0. The van der Waals surface area contributed by atoms with Crippen molar-refractivity contribution in [1.82, 2.24) is 9.97 Å². The fourth-order valence-corrected chi connectivity index (χ4v) is 5.82. The summed E-state index contributed by atoms with van der Waals surface area (Å²) in [7, 11) is 3.04. The molecule has 39 heavy (non-hydrogen) atoms. The highest BCUT2D eigenvalue weighted by atomic mass is 16.6. The average molecular weight is 535 g/mol. The van der Waals surface area contributed by atoms with Gasteiger partial charge in [0.25, 0.3) is 11.5 Å². The Morgan fingerprint density at radius 3 is 2.26 bits per heavy atom. The van der Waals surface area contributed by atoms with Crippen LogP contribution in [0.4, 0.5) is 5.95 Å². The summed E-state index contributed by atoms with van der Waals surface area (Å²) in [6.07, 6.45) is 3.91. The van der Waals surface area contributed by atoms with E-state index < -0.39 is 16.9 Å². The summed E-state index contributed by atoms with van der Waals surface area (Å²) in [4.78, 5) is 48.7. The number of hydrogen-bond donors (Lipinski definition) is 2. The van der Waals surface area contributed by atoms with Crippen LogP contribution in [0.15, 0.2) is 47.3 Å². The topological polar surface area (TPSA) is 137 Å². The van der Waals surface area contributed by atoms with E-state index in [0.717, 1.165) is 18.4 Å². The number of ether oxygens (including phenoxy) is 3. The zero-order valence-corrected chi connectivity index (χ0v) is 22.3. The van der Waals surface area contributed by atoms with Crippen molar-refractivity contribution in [3.8, 4) is 11.5 Å². The quantitative estimate of drug-likeness (QED) is 0.421. The number of nitrogens with zero attached hydrogens (tertiary/aromatic N) is 2. The van der Waals surface area contributed by atoms with E-state index >= 15 is 0 Å². The Hall–Kier alpha value is -4.08. The minimum absolute atomic E-state index is 0.291. The van der Waals surface area contributed by atoms with Gasteiger partial charge in [0, 0.05) is 19.2 Å². The average Bonchev–Trinajstić information content (AvgIpc) is 3.43. The molecule has 1 aromatic heterocycles. The number of rotatable bonds is 8. The van der Waals surface area contributed by atoms with Crippen molar-refractivity contribution >= 4 is 28.7 Å². The van der Waals surface area contributed by atoms with Gasteiger partial charge in [0.05, 0.1) is 30.5 Å². The van der Waals surface area contributed by atoms with Crippen LogP contribution in [0.1, 0.15) is 44.1 Å². The van der Waals surface area contributed by atoms with E-state index in [1.165, 1.54) is 14.2 Å². The smallest absolute Gasteiger partial charge is 0.313 e. The molecule has 10 heteroatoms. The Labute approximate surface area is 226 Å². The summed E-state index contributed by atoms with van der Waals surface area (Å²) in [6.45, 7) is 0.931. The maximum Gasteiger partial charge on any atom is 0.313 e. The van der Waals surface area contributed by atoms with Crippen molar-refractivity contribution in [2.24, 2.45) is 11.1 Å². The lowest BCUT2D eigenvalue weighted by Gasteiger charge is -2.42. The fraction of sp³-hybridized carbons (Fsp3) is 0.448. The van der Waals surface area contributed by atoms with Gasteiger partial charge in [-0.25, -0.2) is 4.98 Å². The molecule has 1 amide bonds. The van der Waals surface area contributed by atoms with Gasteiger partial charge >= 0.3 is 5.97 Å². The third-order valence-electron chi connectivity index (χ3n) is 8.18. The van der Waals surface area contributed by atoms with Crippen LogP contribution < -0.4 is 25.7 Å². The standard InChI is InChI=1S/C29H34N4O6/c1-37-22-16-20-21(17-23(22)38-2)31-27(32-24(20)34)33-14-12-28(13-15-33,18-19-8-4-3-5-9-19)26(36)39-29(25(30)35)10-6-7-11-29/h3-5,8-9,16-17H,6-7,10-15,18H2,1-2H3,(H2,30,35)(H,31,32,34). The highest BCUT2D eigenvalue weighted by Crippen LogP contribution is 2.42. The van der Waals surface area contributed by atoms with E-state index in [9.17, 15) is 14.4 Å². The molecule has 3 aromatic rings. The number of primary amides is 1. The van der Waals surface area contributed by atoms with Crippen LogP contribution >= 0.6 is 0 Å². The van der Waals surface area contributed by atoms with Crippen molar-refractivity contribution in [3.05, 3.63) is 58.4 Å². The number of aromatic nitrogens is 2. The van der Waals surface area contributed by atoms with Gasteiger partial charge in [0.15, 0.2) is 17.1 Å². The van der Waals surface area contributed by atoms with Crippen LogP contribution in [0.2, 0.25) is 0 Å². The van der Waals surface area contributed by atoms with E-state index in [4.69, 9.17) is 24.9 Å².